The third-order valence-electron chi connectivity index (χ3n) is 6.57. The van der Waals surface area contributed by atoms with Gasteiger partial charge in [-0.25, -0.2) is 4.39 Å². The second-order valence-electron chi connectivity index (χ2n) is 8.80. The SMILES string of the molecule is N#Cc1ccc(OC[C@@H](O)CN2CCC(C(O)(c3ccccc3)c3ccccc3)CC2)c(F)c1. The first-order chi connectivity index (χ1) is 16.5. The van der Waals surface area contributed by atoms with Crippen LogP contribution < -0.4 is 4.74 Å². The highest BCUT2D eigenvalue weighted by molar-refractivity contribution is 5.37. The molecule has 2 N–H and O–H groups in total. The zero-order valence-corrected chi connectivity index (χ0v) is 19.0. The van der Waals surface area contributed by atoms with Crippen molar-refractivity contribution >= 4 is 0 Å². The molecular formula is C28H29FN2O3. The fourth-order valence-electron chi connectivity index (χ4n) is 4.78. The number of benzene rings is 3. The number of halogens is 1. The Kier molecular flexibility index (Phi) is 7.59. The average Bonchev–Trinajstić information content (AvgIpc) is 2.89. The minimum Gasteiger partial charge on any atom is -0.488 e. The Bertz CT molecular complexity index is 1070. The molecule has 0 unspecified atom stereocenters. The standard InChI is InChI=1S/C28H29FN2O3/c29-26-17-21(18-30)11-12-27(26)34-20-25(32)19-31-15-13-24(14-16-31)28(33,22-7-3-1-4-8-22)23-9-5-2-6-10-23/h1-12,17,24-25,32-33H,13-16,19-20H2/t25-/m0/s1. The molecule has 1 aliphatic rings. The van der Waals surface area contributed by atoms with Crippen LogP contribution in [0.5, 0.6) is 5.75 Å². The van der Waals surface area contributed by atoms with Crippen molar-refractivity contribution in [2.75, 3.05) is 26.2 Å². The molecule has 1 aliphatic heterocycles. The van der Waals surface area contributed by atoms with Crippen LogP contribution in [0.1, 0.15) is 29.5 Å². The highest BCUT2D eigenvalue weighted by atomic mass is 19.1. The van der Waals surface area contributed by atoms with E-state index in [1.807, 2.05) is 66.7 Å². The van der Waals surface area contributed by atoms with Crippen LogP contribution in [0.25, 0.3) is 0 Å². The molecule has 176 valence electrons. The third-order valence-corrected chi connectivity index (χ3v) is 6.57. The van der Waals surface area contributed by atoms with E-state index in [0.29, 0.717) is 6.54 Å². The fraction of sp³-hybridized carbons (Fsp3) is 0.321. The Morgan fingerprint density at radius 3 is 2.12 bits per heavy atom. The number of aliphatic hydroxyl groups is 2. The molecule has 0 spiro atoms. The van der Waals surface area contributed by atoms with Crippen molar-refractivity contribution < 1.29 is 19.3 Å². The van der Waals surface area contributed by atoms with Gasteiger partial charge in [0.15, 0.2) is 11.6 Å². The highest BCUT2D eigenvalue weighted by Gasteiger charge is 2.41. The van der Waals surface area contributed by atoms with Gasteiger partial charge in [0.1, 0.15) is 18.3 Å². The Morgan fingerprint density at radius 1 is 1.00 bits per heavy atom. The molecule has 0 aliphatic carbocycles. The van der Waals surface area contributed by atoms with Crippen LogP contribution in [-0.2, 0) is 5.60 Å². The van der Waals surface area contributed by atoms with Gasteiger partial charge in [0, 0.05) is 6.54 Å². The van der Waals surface area contributed by atoms with Gasteiger partial charge >= 0.3 is 0 Å². The summed E-state index contributed by atoms with van der Waals surface area (Å²) in [5, 5.41) is 31.3. The summed E-state index contributed by atoms with van der Waals surface area (Å²) in [6, 6.07) is 25.5. The molecule has 3 aromatic carbocycles. The molecule has 5 nitrogen and oxygen atoms in total. The van der Waals surface area contributed by atoms with E-state index in [1.165, 1.54) is 12.1 Å². The average molecular weight is 461 g/mol. The lowest BCUT2D eigenvalue weighted by Crippen LogP contribution is -2.46. The molecule has 4 rings (SSSR count). The second kappa shape index (κ2) is 10.8. The predicted octanol–water partition coefficient (Wildman–Crippen LogP) is 4.09. The summed E-state index contributed by atoms with van der Waals surface area (Å²) in [7, 11) is 0. The molecule has 0 saturated carbocycles. The van der Waals surface area contributed by atoms with Crippen molar-refractivity contribution in [3.63, 3.8) is 0 Å². The Hall–Kier alpha value is -3.24. The number of nitriles is 1. The summed E-state index contributed by atoms with van der Waals surface area (Å²) in [5.74, 6) is -0.560. The number of hydrogen-bond acceptors (Lipinski definition) is 5. The van der Waals surface area contributed by atoms with E-state index < -0.39 is 17.5 Å². The van der Waals surface area contributed by atoms with E-state index in [2.05, 4.69) is 4.90 Å². The number of β-amino-alcohol motifs (C(OH)–C–C–N with tert-alkyl or cyclic N) is 1. The second-order valence-corrected chi connectivity index (χ2v) is 8.80. The smallest absolute Gasteiger partial charge is 0.166 e. The molecule has 3 aromatic rings. The van der Waals surface area contributed by atoms with Crippen LogP contribution in [0.4, 0.5) is 4.39 Å². The lowest BCUT2D eigenvalue weighted by atomic mass is 9.72. The molecule has 0 radical (unpaired) electrons. The zero-order valence-electron chi connectivity index (χ0n) is 19.0. The number of rotatable bonds is 8. The number of likely N-dealkylation sites (tertiary alicyclic amines) is 1. The molecule has 0 aromatic heterocycles. The molecule has 0 amide bonds. The van der Waals surface area contributed by atoms with E-state index >= 15 is 0 Å². The minimum atomic E-state index is -1.08. The van der Waals surface area contributed by atoms with Gasteiger partial charge in [-0.3, -0.25) is 0 Å². The van der Waals surface area contributed by atoms with Gasteiger partial charge in [-0.15, -0.1) is 0 Å². The van der Waals surface area contributed by atoms with E-state index in [9.17, 15) is 14.6 Å². The minimum absolute atomic E-state index is 0.0209. The third kappa shape index (κ3) is 5.28. The van der Waals surface area contributed by atoms with Crippen molar-refractivity contribution in [3.05, 3.63) is 101 Å². The number of aliphatic hydroxyl groups excluding tert-OH is 1. The van der Waals surface area contributed by atoms with Gasteiger partial charge in [0.2, 0.25) is 0 Å². The monoisotopic (exact) mass is 460 g/mol. The van der Waals surface area contributed by atoms with Crippen LogP contribution in [0.2, 0.25) is 0 Å². The maximum absolute atomic E-state index is 14.0. The van der Waals surface area contributed by atoms with Crippen molar-refractivity contribution in [1.29, 1.82) is 5.26 Å². The topological polar surface area (TPSA) is 76.7 Å². The first-order valence-electron chi connectivity index (χ1n) is 11.6. The van der Waals surface area contributed by atoms with Crippen molar-refractivity contribution in [3.8, 4) is 11.8 Å². The van der Waals surface area contributed by atoms with Crippen LogP contribution >= 0.6 is 0 Å². The van der Waals surface area contributed by atoms with Crippen LogP contribution in [0.15, 0.2) is 78.9 Å². The Morgan fingerprint density at radius 2 is 1.59 bits per heavy atom. The molecule has 6 heteroatoms. The van der Waals surface area contributed by atoms with Crippen LogP contribution in [0, 0.1) is 23.1 Å². The number of ether oxygens (including phenoxy) is 1. The summed E-state index contributed by atoms with van der Waals surface area (Å²) in [4.78, 5) is 2.15. The molecule has 1 fully saturated rings. The summed E-state index contributed by atoms with van der Waals surface area (Å²) < 4.78 is 19.4. The molecule has 1 atom stereocenters. The van der Waals surface area contributed by atoms with Crippen molar-refractivity contribution in [2.24, 2.45) is 5.92 Å². The highest BCUT2D eigenvalue weighted by Crippen LogP contribution is 2.41. The van der Waals surface area contributed by atoms with Gasteiger partial charge in [-0.05, 0) is 61.2 Å². The van der Waals surface area contributed by atoms with Gasteiger partial charge in [-0.2, -0.15) is 5.26 Å². The van der Waals surface area contributed by atoms with Gasteiger partial charge in [-0.1, -0.05) is 60.7 Å². The summed E-state index contributed by atoms with van der Waals surface area (Å²) in [6.07, 6.45) is 0.768. The zero-order chi connectivity index (χ0) is 24.0. The maximum Gasteiger partial charge on any atom is 0.166 e. The fourth-order valence-corrected chi connectivity index (χ4v) is 4.78. The quantitative estimate of drug-likeness (QED) is 0.530. The lowest BCUT2D eigenvalue weighted by molar-refractivity contribution is -0.0223. The van der Waals surface area contributed by atoms with Gasteiger partial charge < -0.3 is 19.8 Å². The number of nitrogens with zero attached hydrogens (tertiary/aromatic N) is 2. The van der Waals surface area contributed by atoms with Gasteiger partial charge in [0.25, 0.3) is 0 Å². The van der Waals surface area contributed by atoms with E-state index in [-0.39, 0.29) is 23.8 Å². The molecule has 0 bridgehead atoms. The Balaban J connectivity index is 1.36. The van der Waals surface area contributed by atoms with E-state index in [4.69, 9.17) is 10.00 Å². The lowest BCUT2D eigenvalue weighted by Gasteiger charge is -2.42. The van der Waals surface area contributed by atoms with Crippen molar-refractivity contribution in [1.82, 2.24) is 4.90 Å². The summed E-state index contributed by atoms with van der Waals surface area (Å²) in [5.41, 5.74) is 0.915. The van der Waals surface area contributed by atoms with E-state index in [0.717, 1.165) is 43.1 Å². The molecule has 1 saturated heterocycles. The number of hydrogen-bond donors (Lipinski definition) is 2. The first-order valence-corrected chi connectivity index (χ1v) is 11.6. The van der Waals surface area contributed by atoms with Crippen molar-refractivity contribution in [2.45, 2.75) is 24.5 Å². The van der Waals surface area contributed by atoms with Crippen LogP contribution in [0.3, 0.4) is 0 Å². The summed E-state index contributed by atoms with van der Waals surface area (Å²) >= 11 is 0. The normalized spacial score (nSPS) is 16.1. The molecule has 34 heavy (non-hydrogen) atoms. The first kappa shape index (κ1) is 23.9. The summed E-state index contributed by atoms with van der Waals surface area (Å²) in [6.45, 7) is 1.82. The van der Waals surface area contributed by atoms with E-state index in [1.54, 1.807) is 0 Å². The maximum atomic E-state index is 14.0. The molecular weight excluding hydrogens is 431 g/mol. The Labute approximate surface area is 199 Å². The largest absolute Gasteiger partial charge is 0.488 e. The van der Waals surface area contributed by atoms with Crippen LogP contribution in [-0.4, -0.2) is 47.5 Å². The number of piperidine rings is 1. The molecule has 1 heterocycles. The van der Waals surface area contributed by atoms with Gasteiger partial charge in [0.05, 0.1) is 11.6 Å². The predicted molar refractivity (Wildman–Crippen MR) is 128 cm³/mol.